The monoisotopic (exact) mass is 584 g/mol. The quantitative estimate of drug-likeness (QED) is 0.212. The Morgan fingerprint density at radius 3 is 2.81 bits per heavy atom. The summed E-state index contributed by atoms with van der Waals surface area (Å²) in [7, 11) is 2.00. The SMILES string of the molecule is C=C(N=C/C=C\CC(=O)N[C@@H](C)c1ccc(F)c(F)c1)NCC1=CC=C(c2ccc3ncc4ncn(C)c4c3c2)SC1. The predicted octanol–water partition coefficient (Wildman–Crippen LogP) is 6.37. The van der Waals surface area contributed by atoms with E-state index < -0.39 is 17.7 Å². The van der Waals surface area contributed by atoms with Crippen LogP contribution in [0.2, 0.25) is 0 Å². The summed E-state index contributed by atoms with van der Waals surface area (Å²) in [6, 6.07) is 9.48. The lowest BCUT2D eigenvalue weighted by atomic mass is 10.1. The van der Waals surface area contributed by atoms with E-state index in [1.807, 2.05) is 24.1 Å². The van der Waals surface area contributed by atoms with Crippen molar-refractivity contribution in [3.05, 3.63) is 114 Å². The zero-order valence-electron chi connectivity index (χ0n) is 23.3. The number of allylic oxidation sites excluding steroid dienone is 3. The number of nitrogens with one attached hydrogen (secondary N) is 2. The molecule has 0 saturated carbocycles. The predicted molar refractivity (Wildman–Crippen MR) is 167 cm³/mol. The summed E-state index contributed by atoms with van der Waals surface area (Å²) in [6.07, 6.45) is 12.9. The summed E-state index contributed by atoms with van der Waals surface area (Å²) in [4.78, 5) is 26.6. The molecule has 2 aromatic heterocycles. The van der Waals surface area contributed by atoms with Gasteiger partial charge in [-0.2, -0.15) is 0 Å². The van der Waals surface area contributed by atoms with Gasteiger partial charge in [-0.25, -0.2) is 18.8 Å². The Morgan fingerprint density at radius 1 is 1.17 bits per heavy atom. The third-order valence-corrected chi connectivity index (χ3v) is 8.01. The number of carbonyl (C=O) groups is 1. The number of thioether (sulfide) groups is 1. The highest BCUT2D eigenvalue weighted by molar-refractivity contribution is 8.08. The van der Waals surface area contributed by atoms with Crippen molar-refractivity contribution in [1.29, 1.82) is 0 Å². The van der Waals surface area contributed by atoms with Gasteiger partial charge < -0.3 is 15.2 Å². The lowest BCUT2D eigenvalue weighted by Gasteiger charge is -2.16. The summed E-state index contributed by atoms with van der Waals surface area (Å²) in [5.74, 6) is -0.741. The molecule has 2 aromatic carbocycles. The largest absolute Gasteiger partial charge is 0.367 e. The molecule has 1 amide bonds. The number of aliphatic imine (C=N–C) groups is 1. The van der Waals surface area contributed by atoms with Gasteiger partial charge in [-0.15, -0.1) is 11.8 Å². The van der Waals surface area contributed by atoms with E-state index in [0.717, 1.165) is 45.4 Å². The van der Waals surface area contributed by atoms with Crippen LogP contribution < -0.4 is 10.6 Å². The molecule has 7 nitrogen and oxygen atoms in total. The Kier molecular flexibility index (Phi) is 8.92. The normalized spacial score (nSPS) is 14.4. The van der Waals surface area contributed by atoms with Gasteiger partial charge in [-0.05, 0) is 60.0 Å². The average molecular weight is 585 g/mol. The lowest BCUT2D eigenvalue weighted by Crippen LogP contribution is -2.26. The number of imidazole rings is 1. The van der Waals surface area contributed by atoms with Crippen molar-refractivity contribution < 1.29 is 13.6 Å². The summed E-state index contributed by atoms with van der Waals surface area (Å²) >= 11 is 1.78. The number of rotatable bonds is 10. The molecule has 0 radical (unpaired) electrons. The number of pyridine rings is 1. The van der Waals surface area contributed by atoms with E-state index in [0.29, 0.717) is 17.9 Å². The van der Waals surface area contributed by atoms with Crippen molar-refractivity contribution in [2.45, 2.75) is 19.4 Å². The van der Waals surface area contributed by atoms with Crippen LogP contribution in [0.25, 0.3) is 26.8 Å². The molecule has 1 aliphatic rings. The molecule has 0 unspecified atom stereocenters. The molecule has 10 heteroatoms. The Balaban J connectivity index is 1.09. The van der Waals surface area contributed by atoms with Crippen LogP contribution in [0.15, 0.2) is 96.2 Å². The molecule has 1 aliphatic heterocycles. The molecule has 0 saturated heterocycles. The maximum absolute atomic E-state index is 13.4. The molecular weight excluding hydrogens is 554 g/mol. The van der Waals surface area contributed by atoms with Gasteiger partial charge in [0.05, 0.1) is 29.6 Å². The number of halogens is 2. The maximum atomic E-state index is 13.4. The van der Waals surface area contributed by atoms with Crippen molar-refractivity contribution in [2.24, 2.45) is 12.0 Å². The van der Waals surface area contributed by atoms with Crippen molar-refractivity contribution in [2.75, 3.05) is 12.3 Å². The third kappa shape index (κ3) is 6.83. The molecule has 3 heterocycles. The van der Waals surface area contributed by atoms with Crippen molar-refractivity contribution >= 4 is 50.7 Å². The smallest absolute Gasteiger partial charge is 0.224 e. The van der Waals surface area contributed by atoms with E-state index in [1.165, 1.54) is 16.5 Å². The first-order chi connectivity index (χ1) is 20.3. The first kappa shape index (κ1) is 28.9. The second-order valence-electron chi connectivity index (χ2n) is 9.90. The van der Waals surface area contributed by atoms with Gasteiger partial charge in [0.2, 0.25) is 5.91 Å². The van der Waals surface area contributed by atoms with E-state index in [2.05, 4.69) is 62.5 Å². The molecule has 0 bridgehead atoms. The second kappa shape index (κ2) is 12.9. The second-order valence-corrected chi connectivity index (χ2v) is 10.9. The summed E-state index contributed by atoms with van der Waals surface area (Å²) < 4.78 is 28.6. The Morgan fingerprint density at radius 2 is 2.02 bits per heavy atom. The van der Waals surface area contributed by atoms with Gasteiger partial charge in [0.1, 0.15) is 11.3 Å². The van der Waals surface area contributed by atoms with E-state index in [-0.39, 0.29) is 12.3 Å². The molecule has 4 aromatic rings. The number of aromatic nitrogens is 3. The Labute approximate surface area is 246 Å². The van der Waals surface area contributed by atoms with Crippen LogP contribution in [0.3, 0.4) is 0 Å². The van der Waals surface area contributed by atoms with E-state index in [1.54, 1.807) is 37.1 Å². The zero-order valence-corrected chi connectivity index (χ0v) is 24.1. The van der Waals surface area contributed by atoms with Crippen LogP contribution in [0.4, 0.5) is 8.78 Å². The van der Waals surface area contributed by atoms with E-state index in [4.69, 9.17) is 0 Å². The average Bonchev–Trinajstić information content (AvgIpc) is 3.38. The van der Waals surface area contributed by atoms with Crippen LogP contribution in [-0.2, 0) is 11.8 Å². The number of hydrogen-bond donors (Lipinski definition) is 2. The van der Waals surface area contributed by atoms with Crippen LogP contribution in [-0.4, -0.2) is 39.0 Å². The van der Waals surface area contributed by atoms with Crippen LogP contribution >= 0.6 is 11.8 Å². The first-order valence-electron chi connectivity index (χ1n) is 13.4. The van der Waals surface area contributed by atoms with Gasteiger partial charge >= 0.3 is 0 Å². The van der Waals surface area contributed by atoms with Crippen molar-refractivity contribution in [1.82, 2.24) is 25.2 Å². The van der Waals surface area contributed by atoms with E-state index in [9.17, 15) is 13.6 Å². The van der Waals surface area contributed by atoms with Gasteiger partial charge in [0, 0.05) is 42.3 Å². The molecule has 0 fully saturated rings. The van der Waals surface area contributed by atoms with Crippen LogP contribution in [0.5, 0.6) is 0 Å². The minimum Gasteiger partial charge on any atom is -0.367 e. The highest BCUT2D eigenvalue weighted by Gasteiger charge is 2.13. The van der Waals surface area contributed by atoms with Crippen molar-refractivity contribution in [3.8, 4) is 0 Å². The number of hydrogen-bond acceptors (Lipinski definition) is 6. The minimum absolute atomic E-state index is 0.124. The fourth-order valence-electron chi connectivity index (χ4n) is 4.54. The van der Waals surface area contributed by atoms with Gasteiger partial charge in [-0.3, -0.25) is 9.78 Å². The fraction of sp³-hybridized carbons (Fsp3) is 0.188. The number of nitrogens with zero attached hydrogens (tertiary/aromatic N) is 4. The highest BCUT2D eigenvalue weighted by Crippen LogP contribution is 2.35. The standard InChI is InChI=1S/C32H30F2N6OS/c1-20(23-8-10-26(33)27(34)15-23)39-31(41)6-4-5-13-35-21(2)36-16-22-7-12-30(42-18-22)24-9-11-28-25(14-24)32-29(17-37-28)38-19-40(32)3/h4-5,7-15,17,19-20,36H,2,6,16,18H2,1,3H3,(H,39,41)/b5-4-,35-13?/t20-/m0/s1. The van der Waals surface area contributed by atoms with Crippen molar-refractivity contribution in [3.63, 3.8) is 0 Å². The van der Waals surface area contributed by atoms with Gasteiger partial charge in [0.25, 0.3) is 0 Å². The molecule has 1 atom stereocenters. The Hall–Kier alpha value is -4.57. The number of aryl methyl sites for hydroxylation is 1. The summed E-state index contributed by atoms with van der Waals surface area (Å²) in [6.45, 7) is 6.27. The van der Waals surface area contributed by atoms with Gasteiger partial charge in [0.15, 0.2) is 11.6 Å². The van der Waals surface area contributed by atoms with Crippen LogP contribution in [0, 0.1) is 11.6 Å². The molecule has 2 N–H and O–H groups in total. The van der Waals surface area contributed by atoms with E-state index >= 15 is 0 Å². The number of amides is 1. The first-order valence-corrected chi connectivity index (χ1v) is 14.4. The summed E-state index contributed by atoms with van der Waals surface area (Å²) in [5.41, 5.74) is 5.78. The molecule has 42 heavy (non-hydrogen) atoms. The topological polar surface area (TPSA) is 84.2 Å². The number of benzene rings is 2. The molecule has 5 rings (SSSR count). The minimum atomic E-state index is -0.941. The number of carbonyl (C=O) groups excluding carboxylic acids is 1. The highest BCUT2D eigenvalue weighted by atomic mass is 32.2. The number of fused-ring (bicyclic) bond motifs is 3. The fourth-order valence-corrected chi connectivity index (χ4v) is 5.54. The third-order valence-electron chi connectivity index (χ3n) is 6.81. The molecular formula is C32H30F2N6OS. The van der Waals surface area contributed by atoms with Gasteiger partial charge in [-0.1, -0.05) is 30.9 Å². The van der Waals surface area contributed by atoms with Crippen LogP contribution in [0.1, 0.15) is 30.5 Å². The Bertz CT molecular complexity index is 1790. The molecule has 0 spiro atoms. The lowest BCUT2D eigenvalue weighted by molar-refractivity contribution is -0.120. The molecule has 0 aliphatic carbocycles. The zero-order chi connectivity index (χ0) is 29.6. The maximum Gasteiger partial charge on any atom is 0.224 e. The molecule has 214 valence electrons. The summed E-state index contributed by atoms with van der Waals surface area (Å²) in [5, 5.41) is 7.06.